The highest BCUT2D eigenvalue weighted by Crippen LogP contribution is 2.22. The van der Waals surface area contributed by atoms with Crippen molar-refractivity contribution >= 4 is 33.0 Å². The number of hydrogen-bond acceptors (Lipinski definition) is 3. The highest BCUT2D eigenvalue weighted by molar-refractivity contribution is 7.90. The third-order valence-corrected chi connectivity index (χ3v) is 3.36. The van der Waals surface area contributed by atoms with Crippen LogP contribution in [0.5, 0.6) is 0 Å². The first-order valence-electron chi connectivity index (χ1n) is 5.01. The Morgan fingerprint density at radius 1 is 1.41 bits per heavy atom. The largest absolute Gasteiger partial charge is 0.325 e. The molecule has 0 heterocycles. The smallest absolute Gasteiger partial charge is 0.225 e. The van der Waals surface area contributed by atoms with Crippen LogP contribution in [0.3, 0.4) is 0 Å². The summed E-state index contributed by atoms with van der Waals surface area (Å²) >= 11 is 5.93. The molecule has 4 nitrogen and oxygen atoms in total. The number of hydrogen-bond donors (Lipinski definition) is 1. The molecule has 0 saturated carbocycles. The van der Waals surface area contributed by atoms with Gasteiger partial charge in [-0.25, -0.2) is 8.42 Å². The van der Waals surface area contributed by atoms with Crippen LogP contribution in [0.4, 0.5) is 5.69 Å². The van der Waals surface area contributed by atoms with Crippen LogP contribution < -0.4 is 5.32 Å². The Morgan fingerprint density at radius 2 is 2.06 bits per heavy atom. The SMILES string of the molecule is Cc1ccc(NC(=O)CCS(C)(=O)=O)c(Cl)c1. The molecular weight excluding hydrogens is 262 g/mol. The number of rotatable bonds is 4. The second kappa shape index (κ2) is 5.51. The standard InChI is InChI=1S/C11H14ClNO3S/c1-8-3-4-10(9(12)7-8)13-11(14)5-6-17(2,15)16/h3-4,7H,5-6H2,1-2H3,(H,13,14). The molecule has 1 aromatic rings. The molecule has 0 aromatic heterocycles. The van der Waals surface area contributed by atoms with Gasteiger partial charge in [-0.15, -0.1) is 0 Å². The lowest BCUT2D eigenvalue weighted by Gasteiger charge is -2.07. The van der Waals surface area contributed by atoms with Gasteiger partial charge in [0.1, 0.15) is 9.84 Å². The Balaban J connectivity index is 2.62. The second-order valence-electron chi connectivity index (χ2n) is 3.91. The summed E-state index contributed by atoms with van der Waals surface area (Å²) in [5, 5.41) is 3.02. The third kappa shape index (κ3) is 5.19. The molecule has 0 saturated heterocycles. The van der Waals surface area contributed by atoms with Crippen LogP contribution in [0.15, 0.2) is 18.2 Å². The first-order chi connectivity index (χ1) is 7.78. The number of nitrogens with one attached hydrogen (secondary N) is 1. The van der Waals surface area contributed by atoms with E-state index in [1.807, 2.05) is 13.0 Å². The molecule has 0 spiro atoms. The Labute approximate surface area is 106 Å². The van der Waals surface area contributed by atoms with Gasteiger partial charge in [0.2, 0.25) is 5.91 Å². The topological polar surface area (TPSA) is 63.2 Å². The van der Waals surface area contributed by atoms with E-state index < -0.39 is 9.84 Å². The van der Waals surface area contributed by atoms with Crippen LogP contribution in [0.2, 0.25) is 5.02 Å². The van der Waals surface area contributed by atoms with Gasteiger partial charge >= 0.3 is 0 Å². The van der Waals surface area contributed by atoms with Crippen LogP contribution in [0, 0.1) is 6.92 Å². The van der Waals surface area contributed by atoms with Crippen LogP contribution >= 0.6 is 11.6 Å². The van der Waals surface area contributed by atoms with Crippen molar-refractivity contribution in [3.63, 3.8) is 0 Å². The van der Waals surface area contributed by atoms with Crippen molar-refractivity contribution in [1.29, 1.82) is 0 Å². The summed E-state index contributed by atoms with van der Waals surface area (Å²) in [4.78, 5) is 11.5. The number of amides is 1. The average molecular weight is 276 g/mol. The van der Waals surface area contributed by atoms with Crippen molar-refractivity contribution in [2.24, 2.45) is 0 Å². The van der Waals surface area contributed by atoms with Gasteiger partial charge in [0.15, 0.2) is 0 Å². The quantitative estimate of drug-likeness (QED) is 0.914. The van der Waals surface area contributed by atoms with Crippen molar-refractivity contribution in [3.8, 4) is 0 Å². The average Bonchev–Trinajstić information content (AvgIpc) is 2.18. The number of benzene rings is 1. The van der Waals surface area contributed by atoms with E-state index in [-0.39, 0.29) is 18.1 Å². The third-order valence-electron chi connectivity index (χ3n) is 2.10. The molecule has 0 atom stereocenters. The highest BCUT2D eigenvalue weighted by atomic mass is 35.5. The van der Waals surface area contributed by atoms with Gasteiger partial charge in [-0.2, -0.15) is 0 Å². The van der Waals surface area contributed by atoms with Crippen molar-refractivity contribution in [1.82, 2.24) is 0 Å². The van der Waals surface area contributed by atoms with Crippen LogP contribution in [-0.4, -0.2) is 26.3 Å². The molecule has 0 fully saturated rings. The Morgan fingerprint density at radius 3 is 2.59 bits per heavy atom. The number of anilines is 1. The van der Waals surface area contributed by atoms with Crippen LogP contribution in [0.1, 0.15) is 12.0 Å². The zero-order chi connectivity index (χ0) is 13.1. The fourth-order valence-electron chi connectivity index (χ4n) is 1.21. The molecule has 1 rings (SSSR count). The maximum absolute atomic E-state index is 11.5. The maximum Gasteiger partial charge on any atom is 0.225 e. The lowest BCUT2D eigenvalue weighted by atomic mass is 10.2. The molecule has 0 aliphatic rings. The molecule has 0 aliphatic carbocycles. The molecule has 0 aliphatic heterocycles. The molecule has 1 amide bonds. The van der Waals surface area contributed by atoms with Crippen molar-refractivity contribution in [2.75, 3.05) is 17.3 Å². The van der Waals surface area contributed by atoms with Crippen molar-refractivity contribution in [3.05, 3.63) is 28.8 Å². The molecule has 1 N–H and O–H groups in total. The molecule has 0 unspecified atom stereocenters. The van der Waals surface area contributed by atoms with Gasteiger partial charge in [-0.1, -0.05) is 17.7 Å². The van der Waals surface area contributed by atoms with E-state index in [0.29, 0.717) is 10.7 Å². The molecular formula is C11H14ClNO3S. The summed E-state index contributed by atoms with van der Waals surface area (Å²) in [6.45, 7) is 1.89. The molecule has 17 heavy (non-hydrogen) atoms. The minimum Gasteiger partial charge on any atom is -0.325 e. The molecule has 6 heteroatoms. The number of carbonyl (C=O) groups is 1. The first-order valence-corrected chi connectivity index (χ1v) is 7.45. The molecule has 94 valence electrons. The van der Waals surface area contributed by atoms with E-state index in [0.717, 1.165) is 11.8 Å². The van der Waals surface area contributed by atoms with Crippen LogP contribution in [0.25, 0.3) is 0 Å². The maximum atomic E-state index is 11.5. The van der Waals surface area contributed by atoms with Crippen LogP contribution in [-0.2, 0) is 14.6 Å². The number of aryl methyl sites for hydroxylation is 1. The summed E-state index contributed by atoms with van der Waals surface area (Å²) in [6.07, 6.45) is 1.03. The Kier molecular flexibility index (Phi) is 4.54. The summed E-state index contributed by atoms with van der Waals surface area (Å²) in [7, 11) is -3.12. The summed E-state index contributed by atoms with van der Waals surface area (Å²) in [5.74, 6) is -0.524. The lowest BCUT2D eigenvalue weighted by Crippen LogP contribution is -2.16. The van der Waals surface area contributed by atoms with Gasteiger partial charge in [-0.3, -0.25) is 4.79 Å². The van der Waals surface area contributed by atoms with E-state index in [1.165, 1.54) is 0 Å². The van der Waals surface area contributed by atoms with E-state index >= 15 is 0 Å². The molecule has 0 radical (unpaired) electrons. The van der Waals surface area contributed by atoms with E-state index in [1.54, 1.807) is 12.1 Å². The predicted molar refractivity (Wildman–Crippen MR) is 69.1 cm³/mol. The zero-order valence-electron chi connectivity index (χ0n) is 9.66. The number of halogens is 1. The normalized spacial score (nSPS) is 11.2. The Hall–Kier alpha value is -1.07. The van der Waals surface area contributed by atoms with Gasteiger partial charge in [0.05, 0.1) is 16.5 Å². The van der Waals surface area contributed by atoms with E-state index in [9.17, 15) is 13.2 Å². The van der Waals surface area contributed by atoms with Gasteiger partial charge in [0, 0.05) is 12.7 Å². The van der Waals surface area contributed by atoms with E-state index in [4.69, 9.17) is 11.6 Å². The minimum atomic E-state index is -3.12. The van der Waals surface area contributed by atoms with Gasteiger partial charge in [-0.05, 0) is 24.6 Å². The number of sulfone groups is 1. The van der Waals surface area contributed by atoms with E-state index in [2.05, 4.69) is 5.32 Å². The fourth-order valence-corrected chi connectivity index (χ4v) is 2.05. The fraction of sp³-hybridized carbons (Fsp3) is 0.364. The predicted octanol–water partition coefficient (Wildman–Crippen LogP) is 2.02. The van der Waals surface area contributed by atoms with Gasteiger partial charge < -0.3 is 5.32 Å². The second-order valence-corrected chi connectivity index (χ2v) is 6.58. The lowest BCUT2D eigenvalue weighted by molar-refractivity contribution is -0.115. The van der Waals surface area contributed by atoms with Gasteiger partial charge in [0.25, 0.3) is 0 Å². The summed E-state index contributed by atoms with van der Waals surface area (Å²) < 4.78 is 21.8. The molecule has 0 bridgehead atoms. The van der Waals surface area contributed by atoms with Crippen molar-refractivity contribution < 1.29 is 13.2 Å². The zero-order valence-corrected chi connectivity index (χ0v) is 11.2. The summed E-state index contributed by atoms with van der Waals surface area (Å²) in [6, 6.07) is 5.24. The number of carbonyl (C=O) groups excluding carboxylic acids is 1. The first kappa shape index (κ1) is 14.0. The minimum absolute atomic E-state index is 0.0664. The molecule has 1 aromatic carbocycles. The van der Waals surface area contributed by atoms with Crippen molar-refractivity contribution in [2.45, 2.75) is 13.3 Å². The highest BCUT2D eigenvalue weighted by Gasteiger charge is 2.09. The summed E-state index contributed by atoms with van der Waals surface area (Å²) in [5.41, 5.74) is 1.49. The Bertz CT molecular complexity index is 526. The monoisotopic (exact) mass is 275 g/mol.